The lowest BCUT2D eigenvalue weighted by Crippen LogP contribution is -1.98. The molecule has 4 nitrogen and oxygen atoms in total. The summed E-state index contributed by atoms with van der Waals surface area (Å²) < 4.78 is 1.91. The number of thiazole rings is 1. The smallest absolute Gasteiger partial charge is 0.337 e. The zero-order valence-corrected chi connectivity index (χ0v) is 11.7. The van der Waals surface area contributed by atoms with Gasteiger partial charge in [0.25, 0.3) is 0 Å². The highest BCUT2D eigenvalue weighted by atomic mass is 32.1. The number of aromatic nitrogens is 2. The van der Waals surface area contributed by atoms with Gasteiger partial charge in [-0.3, -0.25) is 4.40 Å². The van der Waals surface area contributed by atoms with Gasteiger partial charge in [0, 0.05) is 16.5 Å². The Labute approximate surface area is 117 Å². The summed E-state index contributed by atoms with van der Waals surface area (Å²) in [5, 5.41) is 13.2. The topological polar surface area (TPSA) is 54.6 Å². The number of aryl methyl sites for hydroxylation is 1. The first kappa shape index (κ1) is 12.1. The highest BCUT2D eigenvalue weighted by Gasteiger charge is 2.15. The Kier molecular flexibility index (Phi) is 2.96. The van der Waals surface area contributed by atoms with E-state index in [2.05, 4.69) is 4.98 Å². The summed E-state index contributed by atoms with van der Waals surface area (Å²) in [4.78, 5) is 17.5. The molecule has 3 rings (SSSR count). The van der Waals surface area contributed by atoms with E-state index in [1.54, 1.807) is 6.08 Å². The lowest BCUT2D eigenvalue weighted by Gasteiger charge is -2.00. The number of thiophene rings is 1. The lowest BCUT2D eigenvalue weighted by molar-refractivity contribution is -0.130. The van der Waals surface area contributed by atoms with Crippen LogP contribution in [0, 0.1) is 6.92 Å². The van der Waals surface area contributed by atoms with Crippen molar-refractivity contribution >= 4 is 45.3 Å². The van der Waals surface area contributed by atoms with Gasteiger partial charge in [0.05, 0.1) is 17.0 Å². The second-order valence-corrected chi connectivity index (χ2v) is 5.80. The van der Waals surface area contributed by atoms with E-state index in [0.29, 0.717) is 5.57 Å². The standard InChI is InChI=1S/C13H10N2O2S2/c1-8-10(15-4-6-19-13(15)14-8)7-9(12(16)17)11-3-2-5-18-11/h2-7H,1H3,(H,16,17)/b9-7-. The van der Waals surface area contributed by atoms with E-state index in [4.69, 9.17) is 0 Å². The zero-order chi connectivity index (χ0) is 13.4. The molecule has 0 fully saturated rings. The van der Waals surface area contributed by atoms with E-state index in [0.717, 1.165) is 21.2 Å². The summed E-state index contributed by atoms with van der Waals surface area (Å²) in [6.07, 6.45) is 3.59. The Morgan fingerprint density at radius 2 is 2.26 bits per heavy atom. The van der Waals surface area contributed by atoms with Crippen LogP contribution in [0.5, 0.6) is 0 Å². The minimum Gasteiger partial charge on any atom is -0.478 e. The number of fused-ring (bicyclic) bond motifs is 1. The summed E-state index contributed by atoms with van der Waals surface area (Å²) in [5.41, 5.74) is 1.95. The first-order valence-electron chi connectivity index (χ1n) is 5.58. The second kappa shape index (κ2) is 4.64. The number of rotatable bonds is 3. The van der Waals surface area contributed by atoms with Crippen molar-refractivity contribution in [3.8, 4) is 0 Å². The molecule has 0 bridgehead atoms. The molecule has 3 aromatic heterocycles. The third-order valence-corrected chi connectivity index (χ3v) is 4.44. The monoisotopic (exact) mass is 290 g/mol. The van der Waals surface area contributed by atoms with Crippen LogP contribution in [0.1, 0.15) is 16.3 Å². The van der Waals surface area contributed by atoms with Crippen LogP contribution in [0.2, 0.25) is 0 Å². The third kappa shape index (κ3) is 2.09. The number of carboxylic acid groups (broad SMARTS) is 1. The Morgan fingerprint density at radius 3 is 2.95 bits per heavy atom. The number of carboxylic acids is 1. The molecule has 3 heterocycles. The molecule has 0 unspecified atom stereocenters. The molecule has 0 aliphatic heterocycles. The van der Waals surface area contributed by atoms with Gasteiger partial charge in [-0.05, 0) is 24.4 Å². The number of aliphatic carboxylic acids is 1. The van der Waals surface area contributed by atoms with Gasteiger partial charge < -0.3 is 5.11 Å². The fourth-order valence-electron chi connectivity index (χ4n) is 1.89. The summed E-state index contributed by atoms with van der Waals surface area (Å²) in [6.45, 7) is 1.89. The maximum atomic E-state index is 11.4. The van der Waals surface area contributed by atoms with Crippen LogP contribution in [0.15, 0.2) is 29.1 Å². The Bertz CT molecular complexity index is 766. The maximum Gasteiger partial charge on any atom is 0.337 e. The number of hydrogen-bond acceptors (Lipinski definition) is 4. The fourth-order valence-corrected chi connectivity index (χ4v) is 3.39. The average Bonchev–Trinajstić information content (AvgIpc) is 3.03. The minimum absolute atomic E-state index is 0.297. The molecule has 0 aliphatic carbocycles. The van der Waals surface area contributed by atoms with Crippen molar-refractivity contribution in [2.24, 2.45) is 0 Å². The Morgan fingerprint density at radius 1 is 1.42 bits per heavy atom. The average molecular weight is 290 g/mol. The summed E-state index contributed by atoms with van der Waals surface area (Å²) >= 11 is 2.95. The van der Waals surface area contributed by atoms with Gasteiger partial charge in [-0.1, -0.05) is 6.07 Å². The molecule has 0 saturated heterocycles. The number of imidazole rings is 1. The highest BCUT2D eigenvalue weighted by Crippen LogP contribution is 2.25. The predicted octanol–water partition coefficient (Wildman–Crippen LogP) is 3.39. The van der Waals surface area contributed by atoms with Crippen LogP contribution < -0.4 is 0 Å². The van der Waals surface area contributed by atoms with Crippen molar-refractivity contribution in [3.05, 3.63) is 45.4 Å². The summed E-state index contributed by atoms with van der Waals surface area (Å²) in [7, 11) is 0. The summed E-state index contributed by atoms with van der Waals surface area (Å²) in [6, 6.07) is 3.66. The third-order valence-electron chi connectivity index (χ3n) is 2.78. The lowest BCUT2D eigenvalue weighted by atomic mass is 10.1. The van der Waals surface area contributed by atoms with Crippen molar-refractivity contribution in [1.82, 2.24) is 9.38 Å². The number of hydrogen-bond donors (Lipinski definition) is 1. The molecule has 1 N–H and O–H groups in total. The normalized spacial score (nSPS) is 12.2. The maximum absolute atomic E-state index is 11.4. The van der Waals surface area contributed by atoms with E-state index >= 15 is 0 Å². The van der Waals surface area contributed by atoms with Gasteiger partial charge in [0.2, 0.25) is 0 Å². The molecule has 6 heteroatoms. The van der Waals surface area contributed by atoms with E-state index in [9.17, 15) is 9.90 Å². The van der Waals surface area contributed by atoms with Gasteiger partial charge in [0.15, 0.2) is 4.96 Å². The van der Waals surface area contributed by atoms with E-state index in [1.807, 2.05) is 40.4 Å². The van der Waals surface area contributed by atoms with Gasteiger partial charge in [-0.2, -0.15) is 0 Å². The van der Waals surface area contributed by atoms with Crippen molar-refractivity contribution in [1.29, 1.82) is 0 Å². The van der Waals surface area contributed by atoms with Crippen LogP contribution >= 0.6 is 22.7 Å². The molecule has 96 valence electrons. The van der Waals surface area contributed by atoms with Crippen LogP contribution in [-0.4, -0.2) is 20.5 Å². The van der Waals surface area contributed by atoms with Crippen LogP contribution in [0.3, 0.4) is 0 Å². The molecule has 0 amide bonds. The van der Waals surface area contributed by atoms with Crippen LogP contribution in [-0.2, 0) is 4.79 Å². The molecule has 0 aromatic carbocycles. The van der Waals surface area contributed by atoms with Crippen molar-refractivity contribution in [2.75, 3.05) is 0 Å². The van der Waals surface area contributed by atoms with E-state index < -0.39 is 5.97 Å². The predicted molar refractivity (Wildman–Crippen MR) is 77.6 cm³/mol. The van der Waals surface area contributed by atoms with Crippen molar-refractivity contribution in [2.45, 2.75) is 6.92 Å². The van der Waals surface area contributed by atoms with Gasteiger partial charge in [-0.25, -0.2) is 9.78 Å². The Hall–Kier alpha value is -1.92. The van der Waals surface area contributed by atoms with E-state index in [-0.39, 0.29) is 0 Å². The minimum atomic E-state index is -0.924. The molecule has 0 saturated carbocycles. The molecule has 0 atom stereocenters. The fraction of sp³-hybridized carbons (Fsp3) is 0.0769. The molecule has 0 aliphatic rings. The number of nitrogens with zero attached hydrogens (tertiary/aromatic N) is 2. The first-order valence-corrected chi connectivity index (χ1v) is 7.34. The van der Waals surface area contributed by atoms with Crippen LogP contribution in [0.4, 0.5) is 0 Å². The van der Waals surface area contributed by atoms with Gasteiger partial charge >= 0.3 is 5.97 Å². The SMILES string of the molecule is Cc1nc2sccn2c1/C=C(\C(=O)O)c1cccs1. The molecular weight excluding hydrogens is 280 g/mol. The first-order chi connectivity index (χ1) is 9.16. The molecule has 19 heavy (non-hydrogen) atoms. The second-order valence-electron chi connectivity index (χ2n) is 3.98. The number of carbonyl (C=O) groups is 1. The van der Waals surface area contributed by atoms with Gasteiger partial charge in [-0.15, -0.1) is 22.7 Å². The zero-order valence-electron chi connectivity index (χ0n) is 10.0. The molecule has 0 spiro atoms. The van der Waals surface area contributed by atoms with Gasteiger partial charge in [0.1, 0.15) is 0 Å². The summed E-state index contributed by atoms with van der Waals surface area (Å²) in [5.74, 6) is -0.924. The van der Waals surface area contributed by atoms with Crippen molar-refractivity contribution in [3.63, 3.8) is 0 Å². The largest absolute Gasteiger partial charge is 0.478 e. The van der Waals surface area contributed by atoms with Crippen molar-refractivity contribution < 1.29 is 9.90 Å². The molecule has 0 radical (unpaired) electrons. The quantitative estimate of drug-likeness (QED) is 0.752. The van der Waals surface area contributed by atoms with E-state index in [1.165, 1.54) is 22.7 Å². The highest BCUT2D eigenvalue weighted by molar-refractivity contribution is 7.15. The molecular formula is C13H10N2O2S2. The molecule has 3 aromatic rings. The van der Waals surface area contributed by atoms with Crippen LogP contribution in [0.25, 0.3) is 16.6 Å². The Balaban J connectivity index is 2.19.